The Morgan fingerprint density at radius 2 is 0.762 bits per heavy atom. The Hall–Kier alpha value is 0.755. The van der Waals surface area contributed by atoms with E-state index in [1.54, 1.807) is 0 Å². The van der Waals surface area contributed by atoms with Gasteiger partial charge in [-0.2, -0.15) is 0 Å². The molecule has 15 heteroatoms. The van der Waals surface area contributed by atoms with Gasteiger partial charge in [-0.3, -0.25) is 0 Å². The Labute approximate surface area is 128 Å². The second-order valence-electron chi connectivity index (χ2n) is 3.63. The van der Waals surface area contributed by atoms with Crippen LogP contribution in [0.4, 0.5) is 57.1 Å². The quantitative estimate of drug-likeness (QED) is 0.221. The Morgan fingerprint density at radius 3 is 1.00 bits per heavy atom. The summed E-state index contributed by atoms with van der Waals surface area (Å²) in [5.41, 5.74) is 0. The Bertz CT molecular complexity index is 385. The zero-order valence-electron chi connectivity index (χ0n) is 9.00. The van der Waals surface area contributed by atoms with Crippen LogP contribution in [0.25, 0.3) is 0 Å². The summed E-state index contributed by atoms with van der Waals surface area (Å²) < 4.78 is 155. The van der Waals surface area contributed by atoms with E-state index in [1.807, 2.05) is 0 Å². The summed E-state index contributed by atoms with van der Waals surface area (Å²) in [6.45, 7) is 0. The van der Waals surface area contributed by atoms with Crippen molar-refractivity contribution in [1.29, 1.82) is 0 Å². The fraction of sp³-hybridized carbons (Fsp3) is 1.00. The van der Waals surface area contributed by atoms with E-state index >= 15 is 0 Å². The average molecular weight is 647 g/mol. The van der Waals surface area contributed by atoms with E-state index in [1.165, 1.54) is 0 Å². The van der Waals surface area contributed by atoms with Crippen molar-refractivity contribution >= 4 is 17.7 Å². The van der Waals surface area contributed by atoms with Crippen LogP contribution in [0.5, 0.6) is 0 Å². The third-order valence-corrected chi connectivity index (χ3v) is 13.6. The summed E-state index contributed by atoms with van der Waals surface area (Å²) in [6.07, 6.45) is -7.35. The molecule has 0 rings (SSSR count). The first-order valence-electron chi connectivity index (χ1n) is 4.33. The molecule has 0 bridgehead atoms. The van der Waals surface area contributed by atoms with Crippen LogP contribution in [-0.4, -0.2) is 33.3 Å². The maximum atomic E-state index is 12.8. The van der Waals surface area contributed by atoms with Crippen molar-refractivity contribution in [3.05, 3.63) is 0 Å². The first kappa shape index (κ1) is 21.8. The molecule has 0 spiro atoms. The van der Waals surface area contributed by atoms with E-state index in [2.05, 4.69) is 0 Å². The van der Waals surface area contributed by atoms with Crippen molar-refractivity contribution in [3.8, 4) is 0 Å². The van der Waals surface area contributed by atoms with Gasteiger partial charge in [-0.15, -0.1) is 0 Å². The van der Waals surface area contributed by atoms with Gasteiger partial charge in [0.15, 0.2) is 0 Å². The molecular weight excluding hydrogens is 647 g/mol. The van der Waals surface area contributed by atoms with Crippen molar-refractivity contribution < 1.29 is 77.3 Å². The van der Waals surface area contributed by atoms with Crippen LogP contribution in [0.15, 0.2) is 0 Å². The van der Waals surface area contributed by atoms with Gasteiger partial charge in [0.25, 0.3) is 0 Å². The van der Waals surface area contributed by atoms with E-state index in [4.69, 9.17) is 0 Å². The Kier molecular flexibility index (Phi) is 5.89. The maximum absolute atomic E-state index is 12.8. The van der Waals surface area contributed by atoms with Crippen molar-refractivity contribution in [2.24, 2.45) is 0 Å². The normalized spacial score (nSPS) is 15.9. The van der Waals surface area contributed by atoms with E-state index in [-0.39, 0.29) is 0 Å². The summed E-state index contributed by atoms with van der Waals surface area (Å²) in [4.78, 5) is 0. The second kappa shape index (κ2) is 5.68. The zero-order valence-corrected chi connectivity index (χ0v) is 16.7. The molecule has 0 atom stereocenters. The molecule has 0 aromatic carbocycles. The Balaban J connectivity index is 6.14. The van der Waals surface area contributed by atoms with Gasteiger partial charge in [-0.1, -0.05) is 0 Å². The third-order valence-electron chi connectivity index (χ3n) is 2.17. The number of hydrogen-bond donors (Lipinski definition) is 0. The number of halogens is 14. The van der Waals surface area contributed by atoms with Gasteiger partial charge in [0.05, 0.1) is 0 Å². The molecule has 0 saturated carbocycles. The SMILES string of the molecule is FC(F)(F)C(F)(F)C(F)(F)C(F)(F)C(F)(F)[C](F)(F)[Hg][I]. The molecule has 0 aliphatic carbocycles. The Morgan fingerprint density at radius 1 is 0.476 bits per heavy atom. The molecule has 0 aliphatic rings. The van der Waals surface area contributed by atoms with Crippen LogP contribution in [0.1, 0.15) is 0 Å². The fourth-order valence-electron chi connectivity index (χ4n) is 0.886. The first-order chi connectivity index (χ1) is 8.81. The molecule has 0 aromatic rings. The van der Waals surface area contributed by atoms with Crippen molar-refractivity contribution in [2.75, 3.05) is 0 Å². The van der Waals surface area contributed by atoms with Crippen molar-refractivity contribution in [2.45, 2.75) is 33.3 Å². The van der Waals surface area contributed by atoms with Crippen molar-refractivity contribution in [3.63, 3.8) is 0 Å². The zero-order chi connectivity index (χ0) is 17.7. The molecule has 0 N–H and O–H groups in total. The molecule has 0 aliphatic heterocycles. The summed E-state index contributed by atoms with van der Waals surface area (Å²) in [5.74, 6) is -30.1. The van der Waals surface area contributed by atoms with Crippen LogP contribution in [-0.2, 0) is 20.2 Å². The second-order valence-corrected chi connectivity index (χ2v) is 14.8. The predicted octanol–water partition coefficient (Wildman–Crippen LogP) is 5.12. The number of alkyl halides is 13. The van der Waals surface area contributed by atoms with Gasteiger partial charge < -0.3 is 0 Å². The summed E-state index contributed by atoms with van der Waals surface area (Å²) in [5, 5.41) is 0. The van der Waals surface area contributed by atoms with Crippen LogP contribution >= 0.6 is 17.7 Å². The summed E-state index contributed by atoms with van der Waals surface area (Å²) >= 11 is -3.74. The molecule has 0 unspecified atom stereocenters. The fourth-order valence-corrected chi connectivity index (χ4v) is 6.60. The minimum atomic E-state index is -7.77. The molecular formula is C6F13HgI. The molecule has 0 aromatic heterocycles. The van der Waals surface area contributed by atoms with Gasteiger partial charge in [0, 0.05) is 0 Å². The van der Waals surface area contributed by atoms with E-state index in [0.717, 1.165) is 0 Å². The van der Waals surface area contributed by atoms with E-state index < -0.39 is 53.5 Å². The van der Waals surface area contributed by atoms with Gasteiger partial charge in [-0.25, -0.2) is 0 Å². The predicted molar refractivity (Wildman–Crippen MR) is 44.8 cm³/mol. The monoisotopic (exact) mass is 648 g/mol. The molecule has 0 heterocycles. The first-order valence-corrected chi connectivity index (χ1v) is 22.5. The van der Waals surface area contributed by atoms with Crippen LogP contribution in [0.3, 0.4) is 0 Å². The van der Waals surface area contributed by atoms with Crippen molar-refractivity contribution in [1.82, 2.24) is 0 Å². The molecule has 0 radical (unpaired) electrons. The van der Waals surface area contributed by atoms with E-state index in [9.17, 15) is 57.1 Å². The van der Waals surface area contributed by atoms with Crippen LogP contribution in [0, 0.1) is 0 Å². The number of rotatable bonds is 5. The number of hydrogen-bond acceptors (Lipinski definition) is 0. The molecule has 0 saturated heterocycles. The molecule has 0 nitrogen and oxygen atoms in total. The van der Waals surface area contributed by atoms with Gasteiger partial charge in [0.1, 0.15) is 0 Å². The molecule has 124 valence electrons. The summed E-state index contributed by atoms with van der Waals surface area (Å²) in [6, 6.07) is 0. The minimum absolute atomic E-state index is 0.565. The van der Waals surface area contributed by atoms with E-state index in [0.29, 0.717) is 17.7 Å². The van der Waals surface area contributed by atoms with Crippen LogP contribution < -0.4 is 0 Å². The van der Waals surface area contributed by atoms with Gasteiger partial charge >= 0.3 is 128 Å². The molecule has 21 heavy (non-hydrogen) atoms. The average Bonchev–Trinajstić information content (AvgIpc) is 2.26. The third kappa shape index (κ3) is 3.07. The standard InChI is InChI=1S/C6F13.Hg.HI/c7-1(8)2(9,10)3(11,12)4(13,14)5(15,16)6(17,18)19;;/h;;1H/q;+1;/p-1. The van der Waals surface area contributed by atoms with Gasteiger partial charge in [-0.05, 0) is 0 Å². The molecule has 0 amide bonds. The summed E-state index contributed by atoms with van der Waals surface area (Å²) in [7, 11) is 0. The topological polar surface area (TPSA) is 0 Å². The van der Waals surface area contributed by atoms with Gasteiger partial charge in [0.2, 0.25) is 0 Å². The van der Waals surface area contributed by atoms with Crippen LogP contribution in [0.2, 0.25) is 0 Å². The molecule has 0 fully saturated rings.